The standard InChI is InChI=1S/C23H25ClN2O2/c1-12-7-16-17(8-13(12)2)26-22(15-9-14(24)5-6-19(15)27)21-18(25-16)10-23(3,4)11-20(21)28/h5-9,22,25-27H,10-11H2,1-4H3. The highest BCUT2D eigenvalue weighted by Crippen LogP contribution is 2.47. The zero-order chi connectivity index (χ0) is 20.2. The summed E-state index contributed by atoms with van der Waals surface area (Å²) in [6.07, 6.45) is 1.24. The van der Waals surface area contributed by atoms with E-state index in [0.717, 1.165) is 29.1 Å². The van der Waals surface area contributed by atoms with Crippen molar-refractivity contribution in [3.63, 3.8) is 0 Å². The molecule has 0 spiro atoms. The highest BCUT2D eigenvalue weighted by Gasteiger charge is 2.39. The molecule has 1 aliphatic heterocycles. The molecule has 0 radical (unpaired) electrons. The van der Waals surface area contributed by atoms with Gasteiger partial charge in [-0.25, -0.2) is 0 Å². The van der Waals surface area contributed by atoms with Gasteiger partial charge in [-0.2, -0.15) is 0 Å². The number of anilines is 2. The Hall–Kier alpha value is -2.46. The summed E-state index contributed by atoms with van der Waals surface area (Å²) in [5.74, 6) is 0.218. The number of aryl methyl sites for hydroxylation is 2. The molecule has 4 rings (SSSR count). The first-order valence-electron chi connectivity index (χ1n) is 9.54. The summed E-state index contributed by atoms with van der Waals surface area (Å²) in [5.41, 5.74) is 6.30. The molecule has 0 saturated heterocycles. The Balaban J connectivity index is 1.95. The number of fused-ring (bicyclic) bond motifs is 1. The Kier molecular flexibility index (Phi) is 4.42. The van der Waals surface area contributed by atoms with E-state index < -0.39 is 6.04 Å². The number of benzene rings is 2. The van der Waals surface area contributed by atoms with E-state index in [1.165, 1.54) is 5.56 Å². The van der Waals surface area contributed by atoms with Crippen LogP contribution in [0, 0.1) is 19.3 Å². The van der Waals surface area contributed by atoms with Gasteiger partial charge in [0.25, 0.3) is 0 Å². The molecule has 1 heterocycles. The van der Waals surface area contributed by atoms with Crippen LogP contribution in [0.4, 0.5) is 11.4 Å². The van der Waals surface area contributed by atoms with Gasteiger partial charge in [0.05, 0.1) is 17.4 Å². The summed E-state index contributed by atoms with van der Waals surface area (Å²) in [4.78, 5) is 13.2. The third-order valence-electron chi connectivity index (χ3n) is 5.73. The number of halogens is 1. The quantitative estimate of drug-likeness (QED) is 0.562. The summed E-state index contributed by atoms with van der Waals surface area (Å²) in [6, 6.07) is 8.69. The molecule has 0 amide bonds. The van der Waals surface area contributed by atoms with Crippen LogP contribution in [-0.4, -0.2) is 10.9 Å². The summed E-state index contributed by atoms with van der Waals surface area (Å²) in [6.45, 7) is 8.37. The van der Waals surface area contributed by atoms with Gasteiger partial charge in [0.15, 0.2) is 5.78 Å². The van der Waals surface area contributed by atoms with Crippen LogP contribution >= 0.6 is 11.6 Å². The first kappa shape index (κ1) is 18.9. The van der Waals surface area contributed by atoms with Gasteiger partial charge in [0, 0.05) is 28.3 Å². The number of rotatable bonds is 1. The van der Waals surface area contributed by atoms with Crippen LogP contribution in [0.25, 0.3) is 0 Å². The van der Waals surface area contributed by atoms with Crippen LogP contribution in [0.5, 0.6) is 5.75 Å². The van der Waals surface area contributed by atoms with Crippen LogP contribution in [0.2, 0.25) is 5.02 Å². The predicted molar refractivity (Wildman–Crippen MR) is 114 cm³/mol. The lowest BCUT2D eigenvalue weighted by molar-refractivity contribution is -0.118. The van der Waals surface area contributed by atoms with Crippen molar-refractivity contribution >= 4 is 28.8 Å². The van der Waals surface area contributed by atoms with E-state index in [-0.39, 0.29) is 16.9 Å². The molecule has 28 heavy (non-hydrogen) atoms. The summed E-state index contributed by atoms with van der Waals surface area (Å²) < 4.78 is 0. The van der Waals surface area contributed by atoms with Gasteiger partial charge in [0.2, 0.25) is 0 Å². The van der Waals surface area contributed by atoms with Crippen LogP contribution in [0.15, 0.2) is 41.6 Å². The van der Waals surface area contributed by atoms with Crippen LogP contribution in [-0.2, 0) is 4.79 Å². The topological polar surface area (TPSA) is 61.4 Å². The number of phenols is 1. The fraction of sp³-hybridized carbons (Fsp3) is 0.348. The zero-order valence-electron chi connectivity index (χ0n) is 16.6. The van der Waals surface area contributed by atoms with Crippen molar-refractivity contribution in [2.75, 3.05) is 10.6 Å². The molecular formula is C23H25ClN2O2. The lowest BCUT2D eigenvalue weighted by atomic mass is 9.73. The molecule has 1 atom stereocenters. The molecule has 4 nitrogen and oxygen atoms in total. The Morgan fingerprint density at radius 3 is 2.46 bits per heavy atom. The maximum absolute atomic E-state index is 13.2. The minimum absolute atomic E-state index is 0.0943. The lowest BCUT2D eigenvalue weighted by Gasteiger charge is -2.34. The fourth-order valence-corrected chi connectivity index (χ4v) is 4.38. The molecule has 0 saturated carbocycles. The number of Topliss-reactive ketones (excluding diaryl/α,β-unsaturated/α-hetero) is 1. The molecule has 2 aromatic rings. The van der Waals surface area contributed by atoms with E-state index >= 15 is 0 Å². The normalized spacial score (nSPS) is 20.6. The first-order chi connectivity index (χ1) is 13.1. The van der Waals surface area contributed by atoms with E-state index in [9.17, 15) is 9.90 Å². The van der Waals surface area contributed by atoms with Crippen molar-refractivity contribution in [1.29, 1.82) is 0 Å². The number of phenolic OH excluding ortho intramolecular Hbond substituents is 1. The minimum atomic E-state index is -0.465. The second kappa shape index (κ2) is 6.56. The molecule has 1 unspecified atom stereocenters. The van der Waals surface area contributed by atoms with Crippen molar-refractivity contribution in [1.82, 2.24) is 0 Å². The van der Waals surface area contributed by atoms with E-state index in [1.54, 1.807) is 18.2 Å². The molecule has 0 bridgehead atoms. The van der Waals surface area contributed by atoms with Crippen molar-refractivity contribution in [3.8, 4) is 5.75 Å². The molecule has 0 aromatic heterocycles. The Morgan fingerprint density at radius 1 is 1.07 bits per heavy atom. The van der Waals surface area contributed by atoms with Crippen LogP contribution in [0.1, 0.15) is 49.4 Å². The van der Waals surface area contributed by atoms with Gasteiger partial charge in [-0.1, -0.05) is 25.4 Å². The van der Waals surface area contributed by atoms with Gasteiger partial charge in [-0.15, -0.1) is 0 Å². The number of hydrogen-bond donors (Lipinski definition) is 3. The summed E-state index contributed by atoms with van der Waals surface area (Å²) in [7, 11) is 0. The Labute approximate surface area is 170 Å². The number of nitrogens with one attached hydrogen (secondary N) is 2. The Morgan fingerprint density at radius 2 is 1.75 bits per heavy atom. The number of carbonyl (C=O) groups is 1. The molecule has 1 aliphatic carbocycles. The van der Waals surface area contributed by atoms with Crippen molar-refractivity contribution in [2.24, 2.45) is 5.41 Å². The van der Waals surface area contributed by atoms with Gasteiger partial charge in [0.1, 0.15) is 5.75 Å². The first-order valence-corrected chi connectivity index (χ1v) is 9.92. The lowest BCUT2D eigenvalue weighted by Crippen LogP contribution is -2.31. The predicted octanol–water partition coefficient (Wildman–Crippen LogP) is 5.88. The van der Waals surface area contributed by atoms with E-state index in [2.05, 4.69) is 50.5 Å². The average molecular weight is 397 g/mol. The van der Waals surface area contributed by atoms with Crippen molar-refractivity contribution in [2.45, 2.75) is 46.6 Å². The van der Waals surface area contributed by atoms with Crippen molar-refractivity contribution in [3.05, 3.63) is 63.3 Å². The highest BCUT2D eigenvalue weighted by molar-refractivity contribution is 6.30. The zero-order valence-corrected chi connectivity index (χ0v) is 17.4. The van der Waals surface area contributed by atoms with Crippen LogP contribution < -0.4 is 10.6 Å². The van der Waals surface area contributed by atoms with Gasteiger partial charge >= 0.3 is 0 Å². The third kappa shape index (κ3) is 3.26. The van der Waals surface area contributed by atoms with Crippen molar-refractivity contribution < 1.29 is 9.90 Å². The molecular weight excluding hydrogens is 372 g/mol. The average Bonchev–Trinajstić information content (AvgIpc) is 2.73. The number of hydrogen-bond acceptors (Lipinski definition) is 4. The second-order valence-electron chi connectivity index (χ2n) is 8.72. The minimum Gasteiger partial charge on any atom is -0.508 e. The largest absolute Gasteiger partial charge is 0.508 e. The van der Waals surface area contributed by atoms with Gasteiger partial charge < -0.3 is 15.7 Å². The number of aromatic hydroxyl groups is 1. The summed E-state index contributed by atoms with van der Waals surface area (Å²) in [5, 5.41) is 18.1. The SMILES string of the molecule is Cc1cc2c(cc1C)NC(c1cc(Cl)ccc1O)C1=C(CC(C)(C)CC1=O)N2. The molecule has 2 aliphatic rings. The number of carbonyl (C=O) groups excluding carboxylic acids is 1. The highest BCUT2D eigenvalue weighted by atomic mass is 35.5. The van der Waals surface area contributed by atoms with E-state index in [1.807, 2.05) is 0 Å². The van der Waals surface area contributed by atoms with Crippen LogP contribution in [0.3, 0.4) is 0 Å². The number of allylic oxidation sites excluding steroid dienone is 1. The molecule has 3 N–H and O–H groups in total. The van der Waals surface area contributed by atoms with Gasteiger partial charge in [-0.3, -0.25) is 4.79 Å². The Bertz CT molecular complexity index is 1020. The monoisotopic (exact) mass is 396 g/mol. The molecule has 2 aromatic carbocycles. The van der Waals surface area contributed by atoms with E-state index in [0.29, 0.717) is 22.6 Å². The summed E-state index contributed by atoms with van der Waals surface area (Å²) >= 11 is 6.22. The molecule has 146 valence electrons. The third-order valence-corrected chi connectivity index (χ3v) is 5.96. The number of ketones is 1. The maximum Gasteiger partial charge on any atom is 0.163 e. The molecule has 0 fully saturated rings. The van der Waals surface area contributed by atoms with E-state index in [4.69, 9.17) is 11.6 Å². The second-order valence-corrected chi connectivity index (χ2v) is 9.16. The maximum atomic E-state index is 13.2. The van der Waals surface area contributed by atoms with Gasteiger partial charge in [-0.05, 0) is 67.1 Å². The molecule has 5 heteroatoms. The smallest absolute Gasteiger partial charge is 0.163 e. The fourth-order valence-electron chi connectivity index (χ4n) is 4.20.